The summed E-state index contributed by atoms with van der Waals surface area (Å²) in [7, 11) is -2.00. The van der Waals surface area contributed by atoms with Gasteiger partial charge < -0.3 is 19.8 Å². The maximum absolute atomic E-state index is 13.0. The normalized spacial score (nSPS) is 15.8. The summed E-state index contributed by atoms with van der Waals surface area (Å²) in [5.41, 5.74) is 6.82. The number of amides is 1. The number of nitrogens with zero attached hydrogens (tertiary/aromatic N) is 4. The number of aryl methyl sites for hydroxylation is 1. The van der Waals surface area contributed by atoms with Gasteiger partial charge in [0.2, 0.25) is 15.9 Å². The number of hydrogen-bond donors (Lipinski definition) is 1. The molecule has 1 aliphatic rings. The minimum Gasteiger partial charge on any atom is -0.383 e. The number of fused-ring (bicyclic) bond motifs is 1. The summed E-state index contributed by atoms with van der Waals surface area (Å²) in [6, 6.07) is 5.02. The van der Waals surface area contributed by atoms with Gasteiger partial charge in [0.1, 0.15) is 5.82 Å². The molecule has 2 N–H and O–H groups in total. The van der Waals surface area contributed by atoms with E-state index in [1.54, 1.807) is 25.3 Å². The van der Waals surface area contributed by atoms with Gasteiger partial charge in [-0.15, -0.1) is 0 Å². The highest BCUT2D eigenvalue weighted by atomic mass is 32.2. The van der Waals surface area contributed by atoms with Crippen LogP contribution in [0.25, 0.3) is 11.0 Å². The molecule has 166 valence electrons. The Labute approximate surface area is 176 Å². The van der Waals surface area contributed by atoms with Crippen molar-refractivity contribution in [3.63, 3.8) is 0 Å². The summed E-state index contributed by atoms with van der Waals surface area (Å²) < 4.78 is 39.8. The van der Waals surface area contributed by atoms with Crippen molar-refractivity contribution in [3.8, 4) is 0 Å². The lowest BCUT2D eigenvalue weighted by atomic mass is 10.3. The Kier molecular flexibility index (Phi) is 7.42. The maximum Gasteiger partial charge on any atom is 0.243 e. The monoisotopic (exact) mass is 439 g/mol. The number of imidazole rings is 1. The molecule has 10 nitrogen and oxygen atoms in total. The molecule has 1 aromatic heterocycles. The molecule has 3 rings (SSSR count). The molecular weight excluding hydrogens is 410 g/mol. The van der Waals surface area contributed by atoms with E-state index in [-0.39, 0.29) is 11.4 Å². The number of benzene rings is 1. The fourth-order valence-electron chi connectivity index (χ4n) is 3.58. The third-order valence-corrected chi connectivity index (χ3v) is 6.97. The molecule has 0 saturated carbocycles. The molecule has 1 amide bonds. The number of methoxy groups -OCH3 is 1. The highest BCUT2D eigenvalue weighted by Crippen LogP contribution is 2.24. The summed E-state index contributed by atoms with van der Waals surface area (Å²) in [4.78, 5) is 18.2. The first-order valence-corrected chi connectivity index (χ1v) is 11.4. The van der Waals surface area contributed by atoms with Crippen LogP contribution in [0.2, 0.25) is 0 Å². The van der Waals surface area contributed by atoms with E-state index in [2.05, 4.69) is 4.98 Å². The average Bonchev–Trinajstić information content (AvgIpc) is 3.08. The minimum atomic E-state index is -3.60. The number of carbonyl (C=O) groups is 1. The molecule has 1 saturated heterocycles. The second kappa shape index (κ2) is 9.84. The van der Waals surface area contributed by atoms with Crippen molar-refractivity contribution in [2.45, 2.75) is 24.9 Å². The van der Waals surface area contributed by atoms with E-state index in [1.807, 2.05) is 16.4 Å². The number of aromatic nitrogens is 2. The number of nitrogens with two attached hydrogens (primary N) is 1. The van der Waals surface area contributed by atoms with E-state index in [0.29, 0.717) is 58.1 Å². The van der Waals surface area contributed by atoms with Crippen LogP contribution in [0.15, 0.2) is 23.1 Å². The summed E-state index contributed by atoms with van der Waals surface area (Å²) >= 11 is 0. The zero-order chi connectivity index (χ0) is 21.7. The predicted molar refractivity (Wildman–Crippen MR) is 111 cm³/mol. The second-order valence-corrected chi connectivity index (χ2v) is 9.05. The van der Waals surface area contributed by atoms with E-state index < -0.39 is 15.9 Å². The summed E-state index contributed by atoms with van der Waals surface area (Å²) in [6.45, 7) is 5.62. The summed E-state index contributed by atoms with van der Waals surface area (Å²) in [5.74, 6) is 0.315. The number of hydrogen-bond acceptors (Lipinski definition) is 7. The van der Waals surface area contributed by atoms with Crippen LogP contribution in [0.5, 0.6) is 0 Å². The van der Waals surface area contributed by atoms with Crippen molar-refractivity contribution < 1.29 is 22.7 Å². The van der Waals surface area contributed by atoms with Gasteiger partial charge in [-0.25, -0.2) is 13.4 Å². The van der Waals surface area contributed by atoms with Crippen molar-refractivity contribution in [3.05, 3.63) is 24.0 Å². The topological polar surface area (TPSA) is 120 Å². The molecule has 2 aromatic rings. The number of primary amides is 1. The molecule has 0 aliphatic carbocycles. The maximum atomic E-state index is 13.0. The minimum absolute atomic E-state index is 0.0902. The number of ether oxygens (including phenoxy) is 2. The molecule has 0 atom stereocenters. The van der Waals surface area contributed by atoms with Crippen LogP contribution in [-0.2, 0) is 37.4 Å². The first-order chi connectivity index (χ1) is 14.4. The molecule has 0 radical (unpaired) electrons. The lowest BCUT2D eigenvalue weighted by Crippen LogP contribution is -2.40. The van der Waals surface area contributed by atoms with E-state index >= 15 is 0 Å². The number of rotatable bonds is 10. The van der Waals surface area contributed by atoms with Crippen molar-refractivity contribution >= 4 is 27.0 Å². The number of carbonyl (C=O) groups excluding carboxylic acids is 1. The standard InChI is InChI=1S/C19H29N5O5S/c1-3-24-17-5-4-15(30(26,27)23-7-10-29-11-8-23)12-16(17)21-19(24)14-22(6-9-28-2)13-18(20)25/h4-5,12H,3,6-11,13-14H2,1-2H3,(H2,20,25). The molecule has 0 bridgehead atoms. The van der Waals surface area contributed by atoms with Gasteiger partial charge in [0.15, 0.2) is 0 Å². The molecule has 0 unspecified atom stereocenters. The average molecular weight is 440 g/mol. The third kappa shape index (κ3) is 4.98. The Morgan fingerprint density at radius 3 is 2.70 bits per heavy atom. The van der Waals surface area contributed by atoms with Crippen molar-refractivity contribution in [2.75, 3.05) is 53.1 Å². The van der Waals surface area contributed by atoms with Gasteiger partial charge >= 0.3 is 0 Å². The zero-order valence-electron chi connectivity index (χ0n) is 17.4. The molecule has 11 heteroatoms. The predicted octanol–water partition coefficient (Wildman–Crippen LogP) is 0.0108. The van der Waals surface area contributed by atoms with Crippen molar-refractivity contribution in [1.29, 1.82) is 0 Å². The van der Waals surface area contributed by atoms with Crippen LogP contribution in [0.3, 0.4) is 0 Å². The summed E-state index contributed by atoms with van der Waals surface area (Å²) in [6.07, 6.45) is 0. The first kappa shape index (κ1) is 22.6. The molecule has 2 heterocycles. The van der Waals surface area contributed by atoms with Crippen LogP contribution in [0.4, 0.5) is 0 Å². The van der Waals surface area contributed by atoms with E-state index in [0.717, 1.165) is 11.3 Å². The van der Waals surface area contributed by atoms with Crippen LogP contribution in [-0.4, -0.2) is 86.2 Å². The van der Waals surface area contributed by atoms with E-state index in [9.17, 15) is 13.2 Å². The largest absolute Gasteiger partial charge is 0.383 e. The SMILES string of the molecule is CCn1c(CN(CCOC)CC(N)=O)nc2cc(S(=O)(=O)N3CCOCC3)ccc21. The van der Waals surface area contributed by atoms with Gasteiger partial charge in [-0.05, 0) is 25.1 Å². The second-order valence-electron chi connectivity index (χ2n) is 7.11. The van der Waals surface area contributed by atoms with Gasteiger partial charge in [0.05, 0.1) is 48.8 Å². The van der Waals surface area contributed by atoms with E-state index in [4.69, 9.17) is 15.2 Å². The van der Waals surface area contributed by atoms with Crippen LogP contribution < -0.4 is 5.73 Å². The fourth-order valence-corrected chi connectivity index (χ4v) is 5.01. The lowest BCUT2D eigenvalue weighted by Gasteiger charge is -2.26. The first-order valence-electron chi connectivity index (χ1n) is 9.93. The van der Waals surface area contributed by atoms with Gasteiger partial charge in [-0.2, -0.15) is 4.31 Å². The van der Waals surface area contributed by atoms with Gasteiger partial charge in [0, 0.05) is 33.3 Å². The van der Waals surface area contributed by atoms with Crippen LogP contribution in [0, 0.1) is 0 Å². The molecule has 1 aromatic carbocycles. The Morgan fingerprint density at radius 1 is 1.33 bits per heavy atom. The molecular formula is C19H29N5O5S. The highest BCUT2D eigenvalue weighted by Gasteiger charge is 2.27. The highest BCUT2D eigenvalue weighted by molar-refractivity contribution is 7.89. The van der Waals surface area contributed by atoms with Crippen LogP contribution >= 0.6 is 0 Å². The Morgan fingerprint density at radius 2 is 2.07 bits per heavy atom. The Hall–Kier alpha value is -2.05. The molecule has 0 spiro atoms. The van der Waals surface area contributed by atoms with Crippen LogP contribution in [0.1, 0.15) is 12.7 Å². The van der Waals surface area contributed by atoms with Gasteiger partial charge in [-0.1, -0.05) is 0 Å². The third-order valence-electron chi connectivity index (χ3n) is 5.08. The molecule has 1 fully saturated rings. The zero-order valence-corrected chi connectivity index (χ0v) is 18.2. The Balaban J connectivity index is 1.92. The lowest BCUT2D eigenvalue weighted by molar-refractivity contribution is -0.119. The molecule has 1 aliphatic heterocycles. The van der Waals surface area contributed by atoms with E-state index in [1.165, 1.54) is 4.31 Å². The number of morpholine rings is 1. The smallest absolute Gasteiger partial charge is 0.243 e. The quantitative estimate of drug-likeness (QED) is 0.554. The molecule has 30 heavy (non-hydrogen) atoms. The Bertz CT molecular complexity index is 985. The fraction of sp³-hybridized carbons (Fsp3) is 0.579. The number of sulfonamides is 1. The van der Waals surface area contributed by atoms with Crippen molar-refractivity contribution in [1.82, 2.24) is 18.8 Å². The van der Waals surface area contributed by atoms with Crippen molar-refractivity contribution in [2.24, 2.45) is 5.73 Å². The van der Waals surface area contributed by atoms with Gasteiger partial charge in [-0.3, -0.25) is 9.69 Å². The summed E-state index contributed by atoms with van der Waals surface area (Å²) in [5, 5.41) is 0. The van der Waals surface area contributed by atoms with Gasteiger partial charge in [0.25, 0.3) is 0 Å².